The van der Waals surface area contributed by atoms with Crippen LogP contribution in [0.15, 0.2) is 48.9 Å². The number of carbonyl (C=O) groups is 1. The van der Waals surface area contributed by atoms with E-state index >= 15 is 0 Å². The summed E-state index contributed by atoms with van der Waals surface area (Å²) >= 11 is 1.43. The predicted molar refractivity (Wildman–Crippen MR) is 107 cm³/mol. The number of nitrogens with zero attached hydrogens (tertiary/aromatic N) is 4. The first-order valence-electron chi connectivity index (χ1n) is 8.73. The van der Waals surface area contributed by atoms with Gasteiger partial charge in [0.05, 0.1) is 28.7 Å². The van der Waals surface area contributed by atoms with Gasteiger partial charge in [0.25, 0.3) is 0 Å². The van der Waals surface area contributed by atoms with Crippen LogP contribution in [-0.4, -0.2) is 35.9 Å². The average molecular weight is 426 g/mol. The number of hydrogen-bond donors (Lipinski definition) is 2. The largest absolute Gasteiger partial charge is 0.507 e. The summed E-state index contributed by atoms with van der Waals surface area (Å²) in [7, 11) is 0. The van der Waals surface area contributed by atoms with Crippen LogP contribution in [0.3, 0.4) is 0 Å². The van der Waals surface area contributed by atoms with Crippen molar-refractivity contribution in [2.24, 2.45) is 0 Å². The van der Waals surface area contributed by atoms with Crippen LogP contribution >= 0.6 is 11.3 Å². The van der Waals surface area contributed by atoms with E-state index in [-0.39, 0.29) is 17.9 Å². The van der Waals surface area contributed by atoms with Gasteiger partial charge in [-0.05, 0) is 25.1 Å². The summed E-state index contributed by atoms with van der Waals surface area (Å²) in [5, 5.41) is 23.9. The fourth-order valence-electron chi connectivity index (χ4n) is 2.79. The SMILES string of the molecule is Cc1nc(COc2ccc(F)cn2)sc1-c1cnn(-c2ccc(C(=O)O)c(O)c2)c1. The van der Waals surface area contributed by atoms with Crippen molar-refractivity contribution in [3.63, 3.8) is 0 Å². The molecule has 30 heavy (non-hydrogen) atoms. The molecule has 0 bridgehead atoms. The number of thiazole rings is 1. The molecule has 8 nitrogen and oxygen atoms in total. The van der Waals surface area contributed by atoms with Crippen LogP contribution in [0.4, 0.5) is 4.39 Å². The second kappa shape index (κ2) is 7.91. The summed E-state index contributed by atoms with van der Waals surface area (Å²) in [6.45, 7) is 2.07. The molecule has 4 aromatic rings. The van der Waals surface area contributed by atoms with Crippen molar-refractivity contribution >= 4 is 17.3 Å². The Morgan fingerprint density at radius 1 is 1.27 bits per heavy atom. The lowest BCUT2D eigenvalue weighted by Crippen LogP contribution is -1.99. The van der Waals surface area contributed by atoms with Gasteiger partial charge < -0.3 is 14.9 Å². The fraction of sp³-hybridized carbons (Fsp3) is 0.100. The van der Waals surface area contributed by atoms with Crippen LogP contribution in [0.25, 0.3) is 16.1 Å². The van der Waals surface area contributed by atoms with Crippen molar-refractivity contribution in [3.8, 4) is 27.8 Å². The van der Waals surface area contributed by atoms with Crippen LogP contribution in [-0.2, 0) is 6.61 Å². The quantitative estimate of drug-likeness (QED) is 0.482. The van der Waals surface area contributed by atoms with E-state index in [2.05, 4.69) is 15.1 Å². The van der Waals surface area contributed by atoms with E-state index in [1.54, 1.807) is 23.1 Å². The fourth-order valence-corrected chi connectivity index (χ4v) is 3.74. The van der Waals surface area contributed by atoms with E-state index in [4.69, 9.17) is 9.84 Å². The van der Waals surface area contributed by atoms with Crippen LogP contribution in [0.1, 0.15) is 21.1 Å². The average Bonchev–Trinajstić information content (AvgIpc) is 3.34. The normalized spacial score (nSPS) is 10.9. The number of aromatic nitrogens is 4. The number of halogens is 1. The van der Waals surface area contributed by atoms with E-state index < -0.39 is 11.8 Å². The molecule has 2 N–H and O–H groups in total. The number of aromatic carboxylic acids is 1. The van der Waals surface area contributed by atoms with Gasteiger partial charge in [-0.2, -0.15) is 5.10 Å². The van der Waals surface area contributed by atoms with Crippen LogP contribution < -0.4 is 4.74 Å². The number of hydrogen-bond acceptors (Lipinski definition) is 7. The highest BCUT2D eigenvalue weighted by atomic mass is 32.1. The third-order valence-electron chi connectivity index (χ3n) is 4.21. The second-order valence-electron chi connectivity index (χ2n) is 6.31. The molecule has 0 amide bonds. The Labute approximate surface area is 173 Å². The Balaban J connectivity index is 1.53. The number of rotatable bonds is 6. The number of ether oxygens (including phenoxy) is 1. The van der Waals surface area contributed by atoms with E-state index in [0.29, 0.717) is 11.6 Å². The Morgan fingerprint density at radius 2 is 2.10 bits per heavy atom. The number of aromatic hydroxyl groups is 1. The molecule has 4 rings (SSSR count). The summed E-state index contributed by atoms with van der Waals surface area (Å²) in [6.07, 6.45) is 4.51. The highest BCUT2D eigenvalue weighted by molar-refractivity contribution is 7.15. The van der Waals surface area contributed by atoms with E-state index in [1.165, 1.54) is 35.6 Å². The van der Waals surface area contributed by atoms with Gasteiger partial charge in [-0.15, -0.1) is 11.3 Å². The summed E-state index contributed by atoms with van der Waals surface area (Å²) in [5.74, 6) is -1.66. The molecule has 0 saturated heterocycles. The van der Waals surface area contributed by atoms with Crippen molar-refractivity contribution < 1.29 is 24.1 Å². The Morgan fingerprint density at radius 3 is 2.80 bits per heavy atom. The van der Waals surface area contributed by atoms with Gasteiger partial charge in [-0.3, -0.25) is 0 Å². The first-order valence-corrected chi connectivity index (χ1v) is 9.55. The molecule has 10 heteroatoms. The number of phenols is 1. The minimum absolute atomic E-state index is 0.176. The third kappa shape index (κ3) is 3.98. The molecule has 0 aliphatic rings. The summed E-state index contributed by atoms with van der Waals surface area (Å²) in [4.78, 5) is 20.3. The molecule has 0 saturated carbocycles. The van der Waals surface area contributed by atoms with Crippen molar-refractivity contribution in [1.82, 2.24) is 19.7 Å². The number of benzene rings is 1. The zero-order chi connectivity index (χ0) is 21.3. The van der Waals surface area contributed by atoms with Crippen molar-refractivity contribution in [2.45, 2.75) is 13.5 Å². The Bertz CT molecular complexity index is 1220. The van der Waals surface area contributed by atoms with Gasteiger partial charge in [0.15, 0.2) is 0 Å². The van der Waals surface area contributed by atoms with Crippen LogP contribution in [0.5, 0.6) is 11.6 Å². The van der Waals surface area contributed by atoms with Gasteiger partial charge in [0.1, 0.15) is 28.7 Å². The topological polar surface area (TPSA) is 110 Å². The summed E-state index contributed by atoms with van der Waals surface area (Å²) in [5.41, 5.74) is 1.97. The van der Waals surface area contributed by atoms with Crippen LogP contribution in [0, 0.1) is 12.7 Å². The molecule has 3 heterocycles. The van der Waals surface area contributed by atoms with Crippen molar-refractivity contribution in [1.29, 1.82) is 0 Å². The Kier molecular flexibility index (Phi) is 5.15. The molecule has 3 aromatic heterocycles. The van der Waals surface area contributed by atoms with Gasteiger partial charge >= 0.3 is 5.97 Å². The molecule has 0 aliphatic carbocycles. The first-order chi connectivity index (χ1) is 14.4. The van der Waals surface area contributed by atoms with Gasteiger partial charge in [-0.1, -0.05) is 0 Å². The molecular formula is C20H15FN4O4S. The number of carboxylic acids is 1. The first kappa shape index (κ1) is 19.5. The molecule has 1 aromatic carbocycles. The zero-order valence-corrected chi connectivity index (χ0v) is 16.4. The Hall–Kier alpha value is -3.79. The molecule has 0 fully saturated rings. The lowest BCUT2D eigenvalue weighted by molar-refractivity contribution is 0.0693. The zero-order valence-electron chi connectivity index (χ0n) is 15.6. The summed E-state index contributed by atoms with van der Waals surface area (Å²) < 4.78 is 20.0. The molecule has 0 spiro atoms. The minimum atomic E-state index is -1.20. The van der Waals surface area contributed by atoms with Crippen molar-refractivity contribution in [3.05, 3.63) is 71.0 Å². The van der Waals surface area contributed by atoms with E-state index in [9.17, 15) is 14.3 Å². The highest BCUT2D eigenvalue weighted by Crippen LogP contribution is 2.31. The lowest BCUT2D eigenvalue weighted by Gasteiger charge is -2.04. The second-order valence-corrected chi connectivity index (χ2v) is 7.39. The lowest BCUT2D eigenvalue weighted by atomic mass is 10.2. The van der Waals surface area contributed by atoms with E-state index in [0.717, 1.165) is 27.3 Å². The third-order valence-corrected chi connectivity index (χ3v) is 5.39. The maximum atomic E-state index is 12.9. The van der Waals surface area contributed by atoms with Crippen molar-refractivity contribution in [2.75, 3.05) is 0 Å². The van der Waals surface area contributed by atoms with Gasteiger partial charge in [0.2, 0.25) is 5.88 Å². The number of aryl methyl sites for hydroxylation is 1. The maximum Gasteiger partial charge on any atom is 0.339 e. The predicted octanol–water partition coefficient (Wildman–Crippen LogP) is 3.82. The minimum Gasteiger partial charge on any atom is -0.507 e. The molecule has 0 atom stereocenters. The molecule has 0 unspecified atom stereocenters. The monoisotopic (exact) mass is 426 g/mol. The number of pyridine rings is 1. The highest BCUT2D eigenvalue weighted by Gasteiger charge is 2.15. The van der Waals surface area contributed by atoms with Crippen LogP contribution in [0.2, 0.25) is 0 Å². The van der Waals surface area contributed by atoms with E-state index in [1.807, 2.05) is 6.92 Å². The molecule has 0 radical (unpaired) electrons. The van der Waals surface area contributed by atoms with Gasteiger partial charge in [-0.25, -0.2) is 23.8 Å². The molecule has 152 valence electrons. The number of carboxylic acid groups (broad SMARTS) is 1. The molecular weight excluding hydrogens is 411 g/mol. The standard InChI is InChI=1S/C20H15FN4O4S/c1-11-19(30-18(24-11)10-29-17-5-2-13(21)8-22-17)12-7-23-25(9-12)14-3-4-15(20(27)28)16(26)6-14/h2-9,26H,10H2,1H3,(H,27,28). The smallest absolute Gasteiger partial charge is 0.339 e. The van der Waals surface area contributed by atoms with Gasteiger partial charge in [0, 0.05) is 23.9 Å². The maximum absolute atomic E-state index is 12.9. The summed E-state index contributed by atoms with van der Waals surface area (Å²) in [6, 6.07) is 6.95. The molecule has 0 aliphatic heterocycles.